The van der Waals surface area contributed by atoms with Crippen LogP contribution in [0, 0.1) is 5.92 Å². The summed E-state index contributed by atoms with van der Waals surface area (Å²) in [7, 11) is 0. The maximum absolute atomic E-state index is 9.90. The first kappa shape index (κ1) is 18.0. The number of hydrogen-bond donors (Lipinski definition) is 6. The van der Waals surface area contributed by atoms with Crippen LogP contribution in [0.1, 0.15) is 13.3 Å². The summed E-state index contributed by atoms with van der Waals surface area (Å²) in [5.41, 5.74) is 0. The zero-order chi connectivity index (χ0) is 16.4. The Hall–Kier alpha value is -0.360. The molecule has 130 valence electrons. The van der Waals surface area contributed by atoms with Crippen molar-refractivity contribution in [3.63, 3.8) is 0 Å². The fourth-order valence-electron chi connectivity index (χ4n) is 2.71. The van der Waals surface area contributed by atoms with Gasteiger partial charge in [-0.15, -0.1) is 0 Å². The predicted octanol–water partition coefficient (Wildman–Crippen LogP) is -3.09. The lowest BCUT2D eigenvalue weighted by Gasteiger charge is -2.43. The molecule has 22 heavy (non-hydrogen) atoms. The van der Waals surface area contributed by atoms with Crippen molar-refractivity contribution < 1.29 is 44.8 Å². The minimum absolute atomic E-state index is 0.208. The van der Waals surface area contributed by atoms with Crippen molar-refractivity contribution in [2.75, 3.05) is 13.2 Å². The van der Waals surface area contributed by atoms with Crippen LogP contribution >= 0.6 is 0 Å². The fraction of sp³-hybridized carbons (Fsp3) is 1.00. The second kappa shape index (κ2) is 7.47. The van der Waals surface area contributed by atoms with E-state index in [1.807, 2.05) is 0 Å². The summed E-state index contributed by atoms with van der Waals surface area (Å²) in [6.45, 7) is 0.824. The molecule has 0 saturated carbocycles. The highest BCUT2D eigenvalue weighted by molar-refractivity contribution is 4.89. The Morgan fingerprint density at radius 3 is 2.05 bits per heavy atom. The summed E-state index contributed by atoms with van der Waals surface area (Å²) in [4.78, 5) is 0. The topological polar surface area (TPSA) is 149 Å². The molecule has 0 spiro atoms. The van der Waals surface area contributed by atoms with Gasteiger partial charge in [0.25, 0.3) is 0 Å². The third-order valence-electron chi connectivity index (χ3n) is 4.17. The van der Waals surface area contributed by atoms with Crippen LogP contribution in [0.15, 0.2) is 0 Å². The second-order valence-electron chi connectivity index (χ2n) is 5.82. The summed E-state index contributed by atoms with van der Waals surface area (Å²) >= 11 is 0. The maximum Gasteiger partial charge on any atom is 0.189 e. The Morgan fingerprint density at radius 1 is 0.864 bits per heavy atom. The first-order valence-electron chi connectivity index (χ1n) is 7.29. The molecular weight excluding hydrogens is 300 g/mol. The highest BCUT2D eigenvalue weighted by atomic mass is 16.8. The maximum atomic E-state index is 9.90. The van der Waals surface area contributed by atoms with E-state index in [0.29, 0.717) is 6.42 Å². The average molecular weight is 324 g/mol. The second-order valence-corrected chi connectivity index (χ2v) is 5.82. The van der Waals surface area contributed by atoms with E-state index in [-0.39, 0.29) is 12.5 Å². The Balaban J connectivity index is 2.00. The molecule has 4 unspecified atom stereocenters. The molecule has 0 aliphatic carbocycles. The summed E-state index contributed by atoms with van der Waals surface area (Å²) in [5.74, 6) is -0.208. The van der Waals surface area contributed by atoms with E-state index >= 15 is 0 Å². The number of rotatable bonds is 4. The van der Waals surface area contributed by atoms with Gasteiger partial charge in [0.2, 0.25) is 0 Å². The normalized spacial score (nSPS) is 50.0. The van der Waals surface area contributed by atoms with E-state index in [2.05, 4.69) is 0 Å². The predicted molar refractivity (Wildman–Crippen MR) is 70.4 cm³/mol. The van der Waals surface area contributed by atoms with Crippen LogP contribution in [0.2, 0.25) is 0 Å². The Morgan fingerprint density at radius 2 is 1.45 bits per heavy atom. The van der Waals surface area contributed by atoms with Crippen molar-refractivity contribution in [2.45, 2.75) is 62.5 Å². The van der Waals surface area contributed by atoms with Crippen LogP contribution in [0.3, 0.4) is 0 Å². The van der Waals surface area contributed by atoms with E-state index in [0.717, 1.165) is 0 Å². The molecule has 2 saturated heterocycles. The molecule has 2 heterocycles. The number of aliphatic hydroxyl groups excluding tert-OH is 6. The average Bonchev–Trinajstić information content (AvgIpc) is 2.51. The van der Waals surface area contributed by atoms with E-state index in [4.69, 9.17) is 19.3 Å². The van der Waals surface area contributed by atoms with Gasteiger partial charge >= 0.3 is 0 Å². The van der Waals surface area contributed by atoms with Crippen LogP contribution < -0.4 is 0 Å². The molecule has 0 aromatic heterocycles. The van der Waals surface area contributed by atoms with Gasteiger partial charge in [-0.2, -0.15) is 0 Å². The molecule has 0 radical (unpaired) electrons. The van der Waals surface area contributed by atoms with Gasteiger partial charge in [0, 0.05) is 6.42 Å². The van der Waals surface area contributed by atoms with E-state index in [1.165, 1.54) is 0 Å². The molecule has 0 aromatic rings. The first-order chi connectivity index (χ1) is 10.4. The van der Waals surface area contributed by atoms with Gasteiger partial charge < -0.3 is 44.8 Å². The minimum Gasteiger partial charge on any atom is -0.394 e. The number of aliphatic hydroxyl groups is 6. The third-order valence-corrected chi connectivity index (χ3v) is 4.17. The lowest BCUT2D eigenvalue weighted by atomic mass is 9.93. The smallest absolute Gasteiger partial charge is 0.189 e. The Labute approximate surface area is 127 Å². The molecule has 6 N–H and O–H groups in total. The fourth-order valence-corrected chi connectivity index (χ4v) is 2.71. The molecule has 2 aliphatic heterocycles. The van der Waals surface area contributed by atoms with E-state index < -0.39 is 55.8 Å². The summed E-state index contributed by atoms with van der Waals surface area (Å²) in [6.07, 6.45) is -9.10. The van der Waals surface area contributed by atoms with Gasteiger partial charge in [-0.25, -0.2) is 0 Å². The molecular formula is C13H24O9. The summed E-state index contributed by atoms with van der Waals surface area (Å²) in [5, 5.41) is 57.4. The molecule has 9 nitrogen and oxygen atoms in total. The molecule has 2 fully saturated rings. The van der Waals surface area contributed by atoms with Crippen LogP contribution in [0.25, 0.3) is 0 Å². The van der Waals surface area contributed by atoms with Gasteiger partial charge in [-0.05, 0) is 5.92 Å². The van der Waals surface area contributed by atoms with Gasteiger partial charge in [0.1, 0.15) is 30.5 Å². The highest BCUT2D eigenvalue weighted by Crippen LogP contribution is 2.29. The summed E-state index contributed by atoms with van der Waals surface area (Å²) < 4.78 is 16.1. The third kappa shape index (κ3) is 3.58. The van der Waals surface area contributed by atoms with Crippen LogP contribution in [0.4, 0.5) is 0 Å². The van der Waals surface area contributed by atoms with Gasteiger partial charge in [-0.1, -0.05) is 6.92 Å². The molecule has 0 amide bonds. The number of ether oxygens (including phenoxy) is 3. The molecule has 2 aliphatic rings. The van der Waals surface area contributed by atoms with Crippen LogP contribution in [-0.4, -0.2) is 93.1 Å². The van der Waals surface area contributed by atoms with Crippen molar-refractivity contribution >= 4 is 0 Å². The van der Waals surface area contributed by atoms with Crippen LogP contribution in [0.5, 0.6) is 0 Å². The van der Waals surface area contributed by atoms with Gasteiger partial charge in [0.05, 0.1) is 19.3 Å². The Kier molecular flexibility index (Phi) is 6.11. The van der Waals surface area contributed by atoms with E-state index in [9.17, 15) is 25.5 Å². The standard InChI is InChI=1S/C13H24O9/c1-5-2-8(20-6(3-14)9(5)16)22-13-12(19)11(18)10(17)7(4-15)21-13/h5-19H,2-4H2,1H3/t5?,6?,7?,8-,9+,10-,11?,12-,13-/m1/s1. The van der Waals surface area contributed by atoms with Gasteiger partial charge in [0.15, 0.2) is 12.6 Å². The lowest BCUT2D eigenvalue weighted by molar-refractivity contribution is -0.355. The summed E-state index contributed by atoms with van der Waals surface area (Å²) in [6, 6.07) is 0. The largest absolute Gasteiger partial charge is 0.394 e. The Bertz CT molecular complexity index is 352. The molecule has 9 atom stereocenters. The van der Waals surface area contributed by atoms with Gasteiger partial charge in [-0.3, -0.25) is 0 Å². The zero-order valence-corrected chi connectivity index (χ0v) is 12.2. The molecule has 0 bridgehead atoms. The number of hydrogen-bond acceptors (Lipinski definition) is 9. The zero-order valence-electron chi connectivity index (χ0n) is 12.2. The SMILES string of the molecule is CC1C[C@@H](O[C@H]2OC(CO)[C@@H](O)C(O)[C@H]2O)OC(CO)[C@H]1O. The quantitative estimate of drug-likeness (QED) is 0.316. The van der Waals surface area contributed by atoms with Crippen LogP contribution in [-0.2, 0) is 14.2 Å². The van der Waals surface area contributed by atoms with Crippen molar-refractivity contribution in [1.82, 2.24) is 0 Å². The van der Waals surface area contributed by atoms with Crippen molar-refractivity contribution in [1.29, 1.82) is 0 Å². The lowest BCUT2D eigenvalue weighted by Crippen LogP contribution is -2.60. The molecule has 2 rings (SSSR count). The molecule has 0 aromatic carbocycles. The minimum atomic E-state index is -1.53. The van der Waals surface area contributed by atoms with Crippen molar-refractivity contribution in [3.05, 3.63) is 0 Å². The molecule has 9 heteroatoms. The highest BCUT2D eigenvalue weighted by Gasteiger charge is 2.46. The van der Waals surface area contributed by atoms with E-state index in [1.54, 1.807) is 6.92 Å². The van der Waals surface area contributed by atoms with Crippen molar-refractivity contribution in [3.8, 4) is 0 Å². The van der Waals surface area contributed by atoms with Crippen molar-refractivity contribution in [2.24, 2.45) is 5.92 Å². The first-order valence-corrected chi connectivity index (χ1v) is 7.29. The monoisotopic (exact) mass is 324 g/mol.